The van der Waals surface area contributed by atoms with Crippen molar-refractivity contribution < 1.29 is 18.7 Å². The minimum absolute atomic E-state index is 0.328. The van der Waals surface area contributed by atoms with Gasteiger partial charge in [-0.2, -0.15) is 0 Å². The van der Waals surface area contributed by atoms with Crippen LogP contribution in [-0.4, -0.2) is 23.7 Å². The Hall–Kier alpha value is -3.22. The molecule has 2 heterocycles. The van der Waals surface area contributed by atoms with E-state index in [2.05, 4.69) is 5.32 Å². The fourth-order valence-electron chi connectivity index (χ4n) is 2.84. The van der Waals surface area contributed by atoms with Crippen LogP contribution >= 0.6 is 0 Å². The smallest absolute Gasteiger partial charge is 0.420 e. The third kappa shape index (κ3) is 2.73. The molecular formula is C18H16N2O5. The summed E-state index contributed by atoms with van der Waals surface area (Å²) in [6.45, 7) is 2.63. The standard InChI is InChI=1S/C18H16N2O5/c1-11(20-13-4-2-3-5-14(13)25-18(20)22)17(21)19-12-6-7-15-16(10-12)24-9-8-23-15/h2-7,10-11H,8-9H2,1H3,(H,19,21). The van der Waals surface area contributed by atoms with E-state index in [1.165, 1.54) is 4.57 Å². The maximum Gasteiger partial charge on any atom is 0.420 e. The summed E-state index contributed by atoms with van der Waals surface area (Å²) in [5.41, 5.74) is 1.60. The minimum Gasteiger partial charge on any atom is -0.486 e. The molecule has 128 valence electrons. The number of carbonyl (C=O) groups excluding carboxylic acids is 1. The van der Waals surface area contributed by atoms with Gasteiger partial charge in [-0.15, -0.1) is 0 Å². The van der Waals surface area contributed by atoms with Crippen molar-refractivity contribution in [1.29, 1.82) is 0 Å². The van der Waals surface area contributed by atoms with Gasteiger partial charge < -0.3 is 19.2 Å². The van der Waals surface area contributed by atoms with E-state index in [-0.39, 0.29) is 5.91 Å². The number of fused-ring (bicyclic) bond motifs is 2. The molecule has 0 spiro atoms. The summed E-state index contributed by atoms with van der Waals surface area (Å²) in [7, 11) is 0. The van der Waals surface area contributed by atoms with Crippen molar-refractivity contribution >= 4 is 22.7 Å². The molecule has 0 radical (unpaired) electrons. The van der Waals surface area contributed by atoms with Crippen LogP contribution in [0.15, 0.2) is 51.7 Å². The van der Waals surface area contributed by atoms with Crippen LogP contribution in [0.5, 0.6) is 11.5 Å². The van der Waals surface area contributed by atoms with E-state index in [1.807, 2.05) is 0 Å². The number of benzene rings is 2. The van der Waals surface area contributed by atoms with Gasteiger partial charge in [0.15, 0.2) is 17.1 Å². The Labute approximate surface area is 142 Å². The average Bonchev–Trinajstić information content (AvgIpc) is 2.96. The van der Waals surface area contributed by atoms with Crippen molar-refractivity contribution in [3.63, 3.8) is 0 Å². The van der Waals surface area contributed by atoms with Gasteiger partial charge in [-0.3, -0.25) is 9.36 Å². The van der Waals surface area contributed by atoms with Crippen LogP contribution in [0, 0.1) is 0 Å². The molecule has 1 N–H and O–H groups in total. The quantitative estimate of drug-likeness (QED) is 0.792. The molecule has 0 fully saturated rings. The van der Waals surface area contributed by atoms with Crippen LogP contribution in [0.4, 0.5) is 5.69 Å². The van der Waals surface area contributed by atoms with Crippen molar-refractivity contribution in [2.24, 2.45) is 0 Å². The highest BCUT2D eigenvalue weighted by Crippen LogP contribution is 2.32. The van der Waals surface area contributed by atoms with Gasteiger partial charge in [0.2, 0.25) is 5.91 Å². The number of aromatic nitrogens is 1. The Balaban J connectivity index is 1.60. The molecule has 4 rings (SSSR count). The Kier molecular flexibility index (Phi) is 3.68. The van der Waals surface area contributed by atoms with Crippen LogP contribution in [0.25, 0.3) is 11.1 Å². The molecule has 2 aromatic carbocycles. The van der Waals surface area contributed by atoms with Crippen molar-refractivity contribution in [1.82, 2.24) is 4.57 Å². The van der Waals surface area contributed by atoms with E-state index >= 15 is 0 Å². The van der Waals surface area contributed by atoms with E-state index in [0.29, 0.717) is 41.5 Å². The zero-order chi connectivity index (χ0) is 17.4. The first kappa shape index (κ1) is 15.3. The predicted octanol–water partition coefficient (Wildman–Crippen LogP) is 2.57. The highest BCUT2D eigenvalue weighted by Gasteiger charge is 2.22. The van der Waals surface area contributed by atoms with E-state index in [1.54, 1.807) is 49.4 Å². The van der Waals surface area contributed by atoms with Crippen LogP contribution in [0.2, 0.25) is 0 Å². The number of hydrogen-bond donors (Lipinski definition) is 1. The molecule has 7 nitrogen and oxygen atoms in total. The number of hydrogen-bond acceptors (Lipinski definition) is 5. The van der Waals surface area contributed by atoms with Crippen LogP contribution < -0.4 is 20.5 Å². The van der Waals surface area contributed by atoms with Crippen LogP contribution in [-0.2, 0) is 4.79 Å². The van der Waals surface area contributed by atoms with Crippen molar-refractivity contribution in [2.45, 2.75) is 13.0 Å². The Morgan fingerprint density at radius 2 is 1.88 bits per heavy atom. The fourth-order valence-corrected chi connectivity index (χ4v) is 2.84. The number of rotatable bonds is 3. The summed E-state index contributed by atoms with van der Waals surface area (Å²) < 4.78 is 17.5. The Bertz CT molecular complexity index is 1000. The van der Waals surface area contributed by atoms with E-state index in [9.17, 15) is 9.59 Å². The van der Waals surface area contributed by atoms with Gasteiger partial charge in [0.25, 0.3) is 0 Å². The summed E-state index contributed by atoms with van der Waals surface area (Å²) in [4.78, 5) is 24.7. The molecule has 7 heteroatoms. The molecule has 0 bridgehead atoms. The SMILES string of the molecule is CC(C(=O)Nc1ccc2c(c1)OCCO2)n1c(=O)oc2ccccc21. The number of nitrogens with one attached hydrogen (secondary N) is 1. The monoisotopic (exact) mass is 340 g/mol. The third-order valence-corrected chi connectivity index (χ3v) is 4.10. The summed E-state index contributed by atoms with van der Waals surface area (Å²) in [5, 5.41) is 2.80. The van der Waals surface area contributed by atoms with E-state index < -0.39 is 11.8 Å². The molecule has 0 saturated heterocycles. The number of carbonyl (C=O) groups is 1. The molecule has 1 unspecified atom stereocenters. The lowest BCUT2D eigenvalue weighted by molar-refractivity contribution is -0.118. The lowest BCUT2D eigenvalue weighted by atomic mass is 10.2. The molecule has 25 heavy (non-hydrogen) atoms. The number of nitrogens with zero attached hydrogens (tertiary/aromatic N) is 1. The molecule has 0 aliphatic carbocycles. The highest BCUT2D eigenvalue weighted by atomic mass is 16.6. The fraction of sp³-hybridized carbons (Fsp3) is 0.222. The number of amides is 1. The van der Waals surface area contributed by atoms with E-state index in [0.717, 1.165) is 0 Å². The predicted molar refractivity (Wildman–Crippen MR) is 91.2 cm³/mol. The first-order valence-corrected chi connectivity index (χ1v) is 7.94. The molecule has 1 aliphatic rings. The number of para-hydroxylation sites is 2. The van der Waals surface area contributed by atoms with Gasteiger partial charge in [0, 0.05) is 11.8 Å². The largest absolute Gasteiger partial charge is 0.486 e. The number of ether oxygens (including phenoxy) is 2. The van der Waals surface area contributed by atoms with Crippen LogP contribution in [0.1, 0.15) is 13.0 Å². The zero-order valence-electron chi connectivity index (χ0n) is 13.5. The normalized spacial score (nSPS) is 14.3. The number of oxazole rings is 1. The molecule has 1 aromatic heterocycles. The molecule has 1 amide bonds. The molecular weight excluding hydrogens is 324 g/mol. The van der Waals surface area contributed by atoms with Gasteiger partial charge in [-0.1, -0.05) is 12.1 Å². The molecule has 1 atom stereocenters. The number of anilines is 1. The van der Waals surface area contributed by atoms with Gasteiger partial charge in [-0.05, 0) is 31.2 Å². The van der Waals surface area contributed by atoms with Crippen LogP contribution in [0.3, 0.4) is 0 Å². The van der Waals surface area contributed by atoms with Gasteiger partial charge in [0.05, 0.1) is 5.52 Å². The van der Waals surface area contributed by atoms with E-state index in [4.69, 9.17) is 13.9 Å². The van der Waals surface area contributed by atoms with Crippen molar-refractivity contribution in [2.75, 3.05) is 18.5 Å². The summed E-state index contributed by atoms with van der Waals surface area (Å²) in [6.07, 6.45) is 0. The zero-order valence-corrected chi connectivity index (χ0v) is 13.5. The summed E-state index contributed by atoms with van der Waals surface area (Å²) in [5.74, 6) is 0.341. The lowest BCUT2D eigenvalue weighted by Gasteiger charge is -2.19. The lowest BCUT2D eigenvalue weighted by Crippen LogP contribution is -2.29. The van der Waals surface area contributed by atoms with Gasteiger partial charge in [0.1, 0.15) is 19.3 Å². The summed E-state index contributed by atoms with van der Waals surface area (Å²) in [6, 6.07) is 11.4. The van der Waals surface area contributed by atoms with Gasteiger partial charge in [-0.25, -0.2) is 4.79 Å². The first-order chi connectivity index (χ1) is 12.1. The van der Waals surface area contributed by atoms with Gasteiger partial charge >= 0.3 is 5.76 Å². The van der Waals surface area contributed by atoms with Crippen molar-refractivity contribution in [3.05, 3.63) is 53.0 Å². The second-order valence-electron chi connectivity index (χ2n) is 5.73. The highest BCUT2D eigenvalue weighted by molar-refractivity contribution is 5.94. The second-order valence-corrected chi connectivity index (χ2v) is 5.73. The molecule has 1 aliphatic heterocycles. The van der Waals surface area contributed by atoms with Crippen molar-refractivity contribution in [3.8, 4) is 11.5 Å². The second kappa shape index (κ2) is 6.01. The molecule has 0 saturated carbocycles. The Morgan fingerprint density at radius 3 is 2.72 bits per heavy atom. The Morgan fingerprint density at radius 1 is 1.12 bits per heavy atom. The maximum absolute atomic E-state index is 12.6. The third-order valence-electron chi connectivity index (χ3n) is 4.10. The topological polar surface area (TPSA) is 82.7 Å². The first-order valence-electron chi connectivity index (χ1n) is 7.94. The molecule has 3 aromatic rings. The minimum atomic E-state index is -0.732. The maximum atomic E-state index is 12.6. The average molecular weight is 340 g/mol. The summed E-state index contributed by atoms with van der Waals surface area (Å²) >= 11 is 0.